The molecule has 6 nitrogen and oxygen atoms in total. The lowest BCUT2D eigenvalue weighted by atomic mass is 10.1. The Hall–Kier alpha value is -4.19. The zero-order valence-electron chi connectivity index (χ0n) is 19.4. The fourth-order valence-corrected chi connectivity index (χ4v) is 3.27. The van der Waals surface area contributed by atoms with Crippen molar-refractivity contribution < 1.29 is 19.0 Å². The first kappa shape index (κ1) is 23.0. The molecule has 172 valence electrons. The molecule has 4 aromatic rings. The van der Waals surface area contributed by atoms with Crippen molar-refractivity contribution >= 4 is 29.2 Å². The summed E-state index contributed by atoms with van der Waals surface area (Å²) in [5, 5.41) is 0. The highest BCUT2D eigenvalue weighted by Gasteiger charge is 2.11. The van der Waals surface area contributed by atoms with Crippen molar-refractivity contribution in [1.82, 2.24) is 9.97 Å². The van der Waals surface area contributed by atoms with Gasteiger partial charge in [-0.25, -0.2) is 14.8 Å². The van der Waals surface area contributed by atoms with Crippen molar-refractivity contribution in [1.29, 1.82) is 0 Å². The summed E-state index contributed by atoms with van der Waals surface area (Å²) in [5.41, 5.74) is 4.59. The van der Waals surface area contributed by atoms with Gasteiger partial charge < -0.3 is 14.2 Å². The lowest BCUT2D eigenvalue weighted by Gasteiger charge is -2.11. The SMILES string of the molecule is COc1ccc(/C=C/c2nc3ccccc3nc2OCc2ccc(C(=O)OC(C)C)cc2)cc1. The molecule has 0 bridgehead atoms. The zero-order chi connectivity index (χ0) is 23.9. The Kier molecular flexibility index (Phi) is 7.18. The van der Waals surface area contributed by atoms with Crippen LogP contribution in [-0.4, -0.2) is 29.2 Å². The molecule has 3 aromatic carbocycles. The highest BCUT2D eigenvalue weighted by atomic mass is 16.5. The standard InChI is InChI=1S/C28H26N2O4/c1-19(2)34-28(31)22-13-8-21(9-14-22)18-33-27-26(29-24-6-4-5-7-25(24)30-27)17-12-20-10-15-23(32-3)16-11-20/h4-17,19H,18H2,1-3H3/b17-12+. The van der Waals surface area contributed by atoms with E-state index in [0.29, 0.717) is 17.1 Å². The molecule has 1 heterocycles. The van der Waals surface area contributed by atoms with Gasteiger partial charge in [-0.2, -0.15) is 0 Å². The maximum Gasteiger partial charge on any atom is 0.338 e. The predicted molar refractivity (Wildman–Crippen MR) is 133 cm³/mol. The molecule has 34 heavy (non-hydrogen) atoms. The molecule has 0 aliphatic heterocycles. The van der Waals surface area contributed by atoms with Gasteiger partial charge in [0.25, 0.3) is 0 Å². The van der Waals surface area contributed by atoms with E-state index < -0.39 is 0 Å². The number of carbonyl (C=O) groups is 1. The largest absolute Gasteiger partial charge is 0.497 e. The summed E-state index contributed by atoms with van der Waals surface area (Å²) in [7, 11) is 1.64. The van der Waals surface area contributed by atoms with Crippen LogP contribution < -0.4 is 9.47 Å². The van der Waals surface area contributed by atoms with E-state index in [1.165, 1.54) is 0 Å². The average molecular weight is 455 g/mol. The summed E-state index contributed by atoms with van der Waals surface area (Å²) in [4.78, 5) is 21.5. The van der Waals surface area contributed by atoms with Gasteiger partial charge in [0.15, 0.2) is 0 Å². The number of para-hydroxylation sites is 2. The van der Waals surface area contributed by atoms with Crippen molar-refractivity contribution in [2.45, 2.75) is 26.6 Å². The normalized spacial score (nSPS) is 11.2. The van der Waals surface area contributed by atoms with Gasteiger partial charge in [-0.1, -0.05) is 42.5 Å². The van der Waals surface area contributed by atoms with Crippen LogP contribution in [0.25, 0.3) is 23.2 Å². The molecule has 0 aliphatic carbocycles. The van der Waals surface area contributed by atoms with Crippen molar-refractivity contribution in [2.24, 2.45) is 0 Å². The predicted octanol–water partition coefficient (Wildman–Crippen LogP) is 5.95. The monoisotopic (exact) mass is 454 g/mol. The molecule has 0 fully saturated rings. The number of hydrogen-bond donors (Lipinski definition) is 0. The third kappa shape index (κ3) is 5.78. The summed E-state index contributed by atoms with van der Waals surface area (Å²) in [6.07, 6.45) is 3.69. The highest BCUT2D eigenvalue weighted by Crippen LogP contribution is 2.23. The third-order valence-electron chi connectivity index (χ3n) is 5.02. The number of hydrogen-bond acceptors (Lipinski definition) is 6. The molecule has 1 aromatic heterocycles. The van der Waals surface area contributed by atoms with Crippen LogP contribution in [0.15, 0.2) is 72.8 Å². The molecule has 0 amide bonds. The van der Waals surface area contributed by atoms with E-state index in [-0.39, 0.29) is 18.7 Å². The van der Waals surface area contributed by atoms with Crippen LogP contribution >= 0.6 is 0 Å². The number of rotatable bonds is 8. The first-order valence-electron chi connectivity index (χ1n) is 11.0. The lowest BCUT2D eigenvalue weighted by Crippen LogP contribution is -2.11. The summed E-state index contributed by atoms with van der Waals surface area (Å²) >= 11 is 0. The number of nitrogens with zero attached hydrogens (tertiary/aromatic N) is 2. The maximum absolute atomic E-state index is 12.1. The van der Waals surface area contributed by atoms with Gasteiger partial charge >= 0.3 is 5.97 Å². The summed E-state index contributed by atoms with van der Waals surface area (Å²) in [6.45, 7) is 3.94. The fraction of sp³-hybridized carbons (Fsp3) is 0.179. The Balaban J connectivity index is 1.55. The van der Waals surface area contributed by atoms with Gasteiger partial charge in [0.05, 0.1) is 29.8 Å². The van der Waals surface area contributed by atoms with E-state index in [0.717, 1.165) is 27.9 Å². The van der Waals surface area contributed by atoms with Crippen molar-refractivity contribution in [3.8, 4) is 11.6 Å². The summed E-state index contributed by atoms with van der Waals surface area (Å²) in [5.74, 6) is 0.899. The molecule has 0 N–H and O–H groups in total. The van der Waals surface area contributed by atoms with Crippen molar-refractivity contribution in [3.63, 3.8) is 0 Å². The highest BCUT2D eigenvalue weighted by molar-refractivity contribution is 5.89. The molecular weight excluding hydrogens is 428 g/mol. The van der Waals surface area contributed by atoms with Crippen molar-refractivity contribution in [2.75, 3.05) is 7.11 Å². The minimum absolute atomic E-state index is 0.161. The van der Waals surface area contributed by atoms with Crippen LogP contribution in [0.2, 0.25) is 0 Å². The number of ether oxygens (including phenoxy) is 3. The molecule has 0 atom stereocenters. The number of aromatic nitrogens is 2. The Bertz CT molecular complexity index is 1300. The molecule has 6 heteroatoms. The van der Waals surface area contributed by atoms with E-state index in [4.69, 9.17) is 19.2 Å². The zero-order valence-corrected chi connectivity index (χ0v) is 19.4. The van der Waals surface area contributed by atoms with E-state index in [1.807, 2.05) is 86.7 Å². The second kappa shape index (κ2) is 10.6. The number of esters is 1. The van der Waals surface area contributed by atoms with Crippen LogP contribution in [0.3, 0.4) is 0 Å². The minimum atomic E-state index is -0.339. The molecule has 0 saturated heterocycles. The smallest absolute Gasteiger partial charge is 0.338 e. The Morgan fingerprint density at radius 3 is 2.21 bits per heavy atom. The molecule has 0 saturated carbocycles. The number of fused-ring (bicyclic) bond motifs is 1. The lowest BCUT2D eigenvalue weighted by molar-refractivity contribution is 0.0378. The quantitative estimate of drug-likeness (QED) is 0.306. The molecule has 4 rings (SSSR count). The fourth-order valence-electron chi connectivity index (χ4n) is 3.27. The van der Waals surface area contributed by atoms with Crippen molar-refractivity contribution in [3.05, 3.63) is 95.2 Å². The minimum Gasteiger partial charge on any atom is -0.497 e. The first-order chi connectivity index (χ1) is 16.5. The van der Waals surface area contributed by atoms with Gasteiger partial charge in [0.1, 0.15) is 18.1 Å². The van der Waals surface area contributed by atoms with Gasteiger partial charge in [-0.15, -0.1) is 0 Å². The molecule has 0 unspecified atom stereocenters. The molecule has 0 radical (unpaired) electrons. The van der Waals surface area contributed by atoms with Gasteiger partial charge in [0, 0.05) is 0 Å². The summed E-state index contributed by atoms with van der Waals surface area (Å²) in [6, 6.07) is 22.6. The third-order valence-corrected chi connectivity index (χ3v) is 5.02. The topological polar surface area (TPSA) is 70.5 Å². The number of methoxy groups -OCH3 is 1. The van der Waals surface area contributed by atoms with Crippen LogP contribution in [0.4, 0.5) is 0 Å². The number of carbonyl (C=O) groups excluding carboxylic acids is 1. The molecule has 0 aliphatic rings. The van der Waals surface area contributed by atoms with Crippen LogP contribution in [0.1, 0.15) is 41.0 Å². The van der Waals surface area contributed by atoms with E-state index in [2.05, 4.69) is 4.98 Å². The van der Waals surface area contributed by atoms with Crippen LogP contribution in [-0.2, 0) is 11.3 Å². The van der Waals surface area contributed by atoms with E-state index in [9.17, 15) is 4.79 Å². The van der Waals surface area contributed by atoms with E-state index in [1.54, 1.807) is 19.2 Å². The maximum atomic E-state index is 12.1. The van der Waals surface area contributed by atoms with Crippen LogP contribution in [0, 0.1) is 0 Å². The summed E-state index contributed by atoms with van der Waals surface area (Å²) < 4.78 is 16.5. The van der Waals surface area contributed by atoms with E-state index >= 15 is 0 Å². The van der Waals surface area contributed by atoms with Gasteiger partial charge in [-0.05, 0) is 67.4 Å². The second-order valence-electron chi connectivity index (χ2n) is 7.95. The Morgan fingerprint density at radius 2 is 1.56 bits per heavy atom. The Morgan fingerprint density at radius 1 is 0.882 bits per heavy atom. The second-order valence-corrected chi connectivity index (χ2v) is 7.95. The average Bonchev–Trinajstić information content (AvgIpc) is 2.86. The Labute approximate surface area is 198 Å². The molecular formula is C28H26N2O4. The van der Waals surface area contributed by atoms with Crippen LogP contribution in [0.5, 0.6) is 11.6 Å². The number of benzene rings is 3. The molecule has 0 spiro atoms. The van der Waals surface area contributed by atoms with Gasteiger partial charge in [-0.3, -0.25) is 0 Å². The first-order valence-corrected chi connectivity index (χ1v) is 11.0. The van der Waals surface area contributed by atoms with Gasteiger partial charge in [0.2, 0.25) is 5.88 Å².